The Hall–Kier alpha value is -2.95. The van der Waals surface area contributed by atoms with E-state index in [2.05, 4.69) is 15.5 Å². The van der Waals surface area contributed by atoms with Gasteiger partial charge < -0.3 is 9.84 Å². The number of thiazole rings is 1. The maximum absolute atomic E-state index is 12.1. The van der Waals surface area contributed by atoms with E-state index in [1.807, 2.05) is 5.38 Å². The molecule has 0 saturated carbocycles. The topological polar surface area (TPSA) is 104 Å². The van der Waals surface area contributed by atoms with E-state index in [1.165, 1.54) is 42.9 Å². The zero-order valence-corrected chi connectivity index (χ0v) is 17.7. The molecule has 0 aliphatic heterocycles. The van der Waals surface area contributed by atoms with Gasteiger partial charge in [-0.3, -0.25) is 5.43 Å². The lowest BCUT2D eigenvalue weighted by atomic mass is 10.2. The van der Waals surface area contributed by atoms with Crippen LogP contribution in [-0.2, 0) is 10.0 Å². The number of aromatic nitrogens is 1. The van der Waals surface area contributed by atoms with Crippen molar-refractivity contribution in [3.05, 3.63) is 53.4 Å². The van der Waals surface area contributed by atoms with Gasteiger partial charge >= 0.3 is 0 Å². The number of nitrogens with zero attached hydrogens (tertiary/aromatic N) is 3. The number of hydrogen-bond acceptors (Lipinski definition) is 8. The Morgan fingerprint density at radius 3 is 2.59 bits per heavy atom. The summed E-state index contributed by atoms with van der Waals surface area (Å²) in [6.07, 6.45) is 1.59. The van der Waals surface area contributed by atoms with Crippen LogP contribution < -0.4 is 10.2 Å². The zero-order valence-electron chi connectivity index (χ0n) is 16.0. The molecule has 0 aliphatic rings. The summed E-state index contributed by atoms with van der Waals surface area (Å²) < 4.78 is 30.5. The van der Waals surface area contributed by atoms with Gasteiger partial charge in [0.2, 0.25) is 15.2 Å². The summed E-state index contributed by atoms with van der Waals surface area (Å²) in [4.78, 5) is 4.69. The molecule has 8 nitrogen and oxygen atoms in total. The van der Waals surface area contributed by atoms with Crippen LogP contribution in [0.2, 0.25) is 0 Å². The summed E-state index contributed by atoms with van der Waals surface area (Å²) in [5, 5.41) is 16.2. The van der Waals surface area contributed by atoms with Gasteiger partial charge in [-0.25, -0.2) is 17.7 Å². The average Bonchev–Trinajstić information content (AvgIpc) is 3.18. The first kappa shape index (κ1) is 20.8. The number of aromatic hydroxyl groups is 1. The quantitative estimate of drug-likeness (QED) is 0.439. The summed E-state index contributed by atoms with van der Waals surface area (Å²) in [5.41, 5.74) is 5.13. The van der Waals surface area contributed by atoms with Gasteiger partial charge in [-0.1, -0.05) is 12.1 Å². The number of sulfonamides is 1. The Balaban J connectivity index is 1.69. The van der Waals surface area contributed by atoms with Crippen molar-refractivity contribution in [3.63, 3.8) is 0 Å². The fraction of sp³-hybridized carbons (Fsp3) is 0.158. The second-order valence-electron chi connectivity index (χ2n) is 6.15. The van der Waals surface area contributed by atoms with Crippen LogP contribution in [0.5, 0.6) is 11.5 Å². The highest BCUT2D eigenvalue weighted by molar-refractivity contribution is 7.89. The molecule has 0 atom stereocenters. The third-order valence-corrected chi connectivity index (χ3v) is 6.59. The molecule has 0 bridgehead atoms. The summed E-state index contributed by atoms with van der Waals surface area (Å²) in [6, 6.07) is 11.5. The van der Waals surface area contributed by atoms with E-state index >= 15 is 0 Å². The van der Waals surface area contributed by atoms with E-state index in [9.17, 15) is 13.5 Å². The monoisotopic (exact) mass is 432 g/mol. The van der Waals surface area contributed by atoms with Gasteiger partial charge in [0.25, 0.3) is 0 Å². The number of hydrogen-bond donors (Lipinski definition) is 2. The largest absolute Gasteiger partial charge is 0.504 e. The van der Waals surface area contributed by atoms with Crippen LogP contribution in [-0.4, -0.2) is 50.2 Å². The maximum atomic E-state index is 12.1. The lowest BCUT2D eigenvalue weighted by molar-refractivity contribution is 0.373. The van der Waals surface area contributed by atoms with Crippen LogP contribution in [0.4, 0.5) is 5.13 Å². The normalized spacial score (nSPS) is 11.9. The van der Waals surface area contributed by atoms with Crippen LogP contribution in [0.15, 0.2) is 57.8 Å². The summed E-state index contributed by atoms with van der Waals surface area (Å²) in [6.45, 7) is 0. The van der Waals surface area contributed by atoms with Crippen LogP contribution in [0.1, 0.15) is 5.56 Å². The number of rotatable bonds is 7. The smallest absolute Gasteiger partial charge is 0.242 e. The Bertz CT molecular complexity index is 1120. The van der Waals surface area contributed by atoms with E-state index in [-0.39, 0.29) is 10.6 Å². The molecule has 0 aliphatic carbocycles. The minimum absolute atomic E-state index is 0.0616. The Morgan fingerprint density at radius 1 is 1.21 bits per heavy atom. The molecule has 3 rings (SSSR count). The highest BCUT2D eigenvalue weighted by Gasteiger charge is 2.17. The molecule has 152 valence electrons. The van der Waals surface area contributed by atoms with E-state index in [0.29, 0.717) is 16.6 Å². The highest BCUT2D eigenvalue weighted by atomic mass is 32.2. The fourth-order valence-electron chi connectivity index (χ4n) is 2.40. The van der Waals surface area contributed by atoms with Gasteiger partial charge in [0.05, 0.1) is 23.9 Å². The van der Waals surface area contributed by atoms with Gasteiger partial charge in [0.15, 0.2) is 11.5 Å². The van der Waals surface area contributed by atoms with Crippen LogP contribution in [0.3, 0.4) is 0 Å². The predicted molar refractivity (Wildman–Crippen MR) is 114 cm³/mol. The highest BCUT2D eigenvalue weighted by Crippen LogP contribution is 2.27. The number of hydrazone groups is 1. The average molecular weight is 433 g/mol. The number of methoxy groups -OCH3 is 1. The first-order valence-corrected chi connectivity index (χ1v) is 10.8. The number of ether oxygens (including phenoxy) is 1. The molecule has 2 N–H and O–H groups in total. The fourth-order valence-corrected chi connectivity index (χ4v) is 3.97. The van der Waals surface area contributed by atoms with Gasteiger partial charge in [-0.05, 0) is 35.9 Å². The van der Waals surface area contributed by atoms with Crippen LogP contribution in [0.25, 0.3) is 11.3 Å². The summed E-state index contributed by atoms with van der Waals surface area (Å²) >= 11 is 1.38. The molecule has 0 amide bonds. The number of nitrogens with one attached hydrogen (secondary N) is 1. The van der Waals surface area contributed by atoms with Gasteiger partial charge in [0.1, 0.15) is 0 Å². The number of phenols is 1. The van der Waals surface area contributed by atoms with E-state index in [1.54, 1.807) is 42.6 Å². The standard InChI is InChI=1S/C19H20N4O4S2/c1-23(2)29(25,26)15-7-5-14(6-8-15)16-12-28-19(21-16)22-20-11-13-4-9-17(24)18(10-13)27-3/h4-12,24H,1-3H3,(H,21,22). The lowest BCUT2D eigenvalue weighted by Crippen LogP contribution is -2.22. The third kappa shape index (κ3) is 4.73. The van der Waals surface area contributed by atoms with Crippen LogP contribution >= 0.6 is 11.3 Å². The molecule has 3 aromatic rings. The van der Waals surface area contributed by atoms with E-state index in [0.717, 1.165) is 11.1 Å². The van der Waals surface area contributed by atoms with Crippen molar-refractivity contribution in [1.29, 1.82) is 0 Å². The molecule has 1 heterocycles. The van der Waals surface area contributed by atoms with Crippen molar-refractivity contribution >= 4 is 32.7 Å². The minimum Gasteiger partial charge on any atom is -0.504 e. The van der Waals surface area contributed by atoms with Crippen molar-refractivity contribution in [2.75, 3.05) is 26.6 Å². The summed E-state index contributed by atoms with van der Waals surface area (Å²) in [7, 11) is 1.02. The second-order valence-corrected chi connectivity index (χ2v) is 9.16. The van der Waals surface area contributed by atoms with Crippen molar-refractivity contribution in [2.45, 2.75) is 4.90 Å². The summed E-state index contributed by atoms with van der Waals surface area (Å²) in [5.74, 6) is 0.428. The number of phenolic OH excluding ortho intramolecular Hbond substituents is 1. The molecule has 0 unspecified atom stereocenters. The first-order valence-electron chi connectivity index (χ1n) is 8.46. The van der Waals surface area contributed by atoms with Crippen molar-refractivity contribution in [3.8, 4) is 22.8 Å². The first-order chi connectivity index (χ1) is 13.8. The zero-order chi connectivity index (χ0) is 21.0. The Kier molecular flexibility index (Phi) is 6.16. The Labute approximate surface area is 173 Å². The molecule has 10 heteroatoms. The number of anilines is 1. The van der Waals surface area contributed by atoms with Crippen LogP contribution in [0, 0.1) is 0 Å². The third-order valence-electron chi connectivity index (χ3n) is 4.01. The Morgan fingerprint density at radius 2 is 1.93 bits per heavy atom. The van der Waals surface area contributed by atoms with Crippen molar-refractivity contribution in [1.82, 2.24) is 9.29 Å². The molecular weight excluding hydrogens is 412 g/mol. The number of benzene rings is 2. The lowest BCUT2D eigenvalue weighted by Gasteiger charge is -2.11. The SMILES string of the molecule is COc1cc(C=NNc2nc(-c3ccc(S(=O)(=O)N(C)C)cc3)cs2)ccc1O. The van der Waals surface area contributed by atoms with E-state index < -0.39 is 10.0 Å². The molecule has 1 aromatic heterocycles. The van der Waals surface area contributed by atoms with Gasteiger partial charge in [0, 0.05) is 25.0 Å². The van der Waals surface area contributed by atoms with Gasteiger partial charge in [-0.15, -0.1) is 11.3 Å². The molecule has 0 fully saturated rings. The minimum atomic E-state index is -3.46. The van der Waals surface area contributed by atoms with Crippen molar-refractivity contribution in [2.24, 2.45) is 5.10 Å². The van der Waals surface area contributed by atoms with E-state index in [4.69, 9.17) is 4.74 Å². The molecule has 0 radical (unpaired) electrons. The van der Waals surface area contributed by atoms with Gasteiger partial charge in [-0.2, -0.15) is 5.10 Å². The molecule has 2 aromatic carbocycles. The molecule has 0 spiro atoms. The maximum Gasteiger partial charge on any atom is 0.242 e. The molecule has 29 heavy (non-hydrogen) atoms. The molecular formula is C19H20N4O4S2. The predicted octanol–water partition coefficient (Wildman–Crippen LogP) is 3.22. The molecule has 0 saturated heterocycles. The van der Waals surface area contributed by atoms with Crippen molar-refractivity contribution < 1.29 is 18.3 Å². The second kappa shape index (κ2) is 8.60.